The van der Waals surface area contributed by atoms with E-state index in [9.17, 15) is 18.0 Å². The van der Waals surface area contributed by atoms with Crippen LogP contribution in [0.15, 0.2) is 83.8 Å². The van der Waals surface area contributed by atoms with Gasteiger partial charge in [0.05, 0.1) is 10.5 Å². The zero-order valence-electron chi connectivity index (χ0n) is 18.4. The highest BCUT2D eigenvalue weighted by atomic mass is 32.2. The lowest BCUT2D eigenvalue weighted by Crippen LogP contribution is -2.30. The number of esters is 1. The lowest BCUT2D eigenvalue weighted by Gasteiger charge is -2.14. The highest BCUT2D eigenvalue weighted by molar-refractivity contribution is 7.89. The van der Waals surface area contributed by atoms with Crippen LogP contribution >= 0.6 is 0 Å². The molecule has 0 heterocycles. The molecule has 0 aliphatic rings. The van der Waals surface area contributed by atoms with E-state index >= 15 is 0 Å². The molecule has 0 aromatic heterocycles. The zero-order chi connectivity index (χ0) is 23.8. The largest absolute Gasteiger partial charge is 0.449 e. The Morgan fingerprint density at radius 3 is 2.27 bits per heavy atom. The minimum Gasteiger partial charge on any atom is -0.449 e. The molecule has 8 heteroatoms. The Balaban J connectivity index is 1.62. The van der Waals surface area contributed by atoms with Crippen molar-refractivity contribution in [3.05, 3.63) is 95.6 Å². The molecule has 3 aromatic rings. The van der Waals surface area contributed by atoms with Crippen molar-refractivity contribution < 1.29 is 22.7 Å². The second kappa shape index (κ2) is 10.9. The average molecular weight is 467 g/mol. The van der Waals surface area contributed by atoms with E-state index in [4.69, 9.17) is 4.74 Å². The second-order valence-electron chi connectivity index (χ2n) is 7.43. The lowest BCUT2D eigenvalue weighted by atomic mass is 10.1. The zero-order valence-corrected chi connectivity index (χ0v) is 19.3. The number of rotatable bonds is 9. The molecule has 1 unspecified atom stereocenters. The summed E-state index contributed by atoms with van der Waals surface area (Å²) in [5, 5.41) is 2.70. The van der Waals surface area contributed by atoms with Gasteiger partial charge in [0.2, 0.25) is 10.0 Å². The van der Waals surface area contributed by atoms with Gasteiger partial charge >= 0.3 is 5.97 Å². The standard InChI is InChI=1S/C25H26N2O5S/c1-3-19-12-14-22(15-13-19)27-24(28)18(2)32-25(29)21-10-7-11-23(16-21)33(30,31)26-17-20-8-5-4-6-9-20/h4-16,18,26H,3,17H2,1-2H3,(H,27,28). The predicted molar refractivity (Wildman–Crippen MR) is 126 cm³/mol. The van der Waals surface area contributed by atoms with E-state index in [1.54, 1.807) is 24.3 Å². The van der Waals surface area contributed by atoms with Crippen LogP contribution in [0.2, 0.25) is 0 Å². The van der Waals surface area contributed by atoms with Gasteiger partial charge in [0, 0.05) is 12.2 Å². The summed E-state index contributed by atoms with van der Waals surface area (Å²) < 4.78 is 33.0. The molecule has 3 aromatic carbocycles. The minimum atomic E-state index is -3.84. The van der Waals surface area contributed by atoms with E-state index < -0.39 is 28.0 Å². The maximum absolute atomic E-state index is 12.6. The normalized spacial score (nSPS) is 12.1. The Kier molecular flexibility index (Phi) is 7.97. The Bertz CT molecular complexity index is 1210. The van der Waals surface area contributed by atoms with Crippen LogP contribution in [0, 0.1) is 0 Å². The molecule has 2 N–H and O–H groups in total. The summed E-state index contributed by atoms with van der Waals surface area (Å²) in [5.41, 5.74) is 2.57. The Morgan fingerprint density at radius 1 is 0.909 bits per heavy atom. The maximum atomic E-state index is 12.6. The number of carbonyl (C=O) groups excluding carboxylic acids is 2. The fourth-order valence-electron chi connectivity index (χ4n) is 3.00. The van der Waals surface area contributed by atoms with Gasteiger partial charge in [-0.3, -0.25) is 4.79 Å². The summed E-state index contributed by atoms with van der Waals surface area (Å²) in [6.45, 7) is 3.61. The first-order chi connectivity index (χ1) is 15.8. The van der Waals surface area contributed by atoms with E-state index in [-0.39, 0.29) is 17.0 Å². The number of anilines is 1. The monoisotopic (exact) mass is 466 g/mol. The number of carbonyl (C=O) groups is 2. The van der Waals surface area contributed by atoms with E-state index in [0.717, 1.165) is 17.5 Å². The Labute approximate surface area is 193 Å². The summed E-state index contributed by atoms with van der Waals surface area (Å²) in [4.78, 5) is 24.9. The number of sulfonamides is 1. The molecule has 0 saturated carbocycles. The third-order valence-corrected chi connectivity index (χ3v) is 6.37. The number of ether oxygens (including phenoxy) is 1. The Hall–Kier alpha value is -3.49. The number of aryl methyl sites for hydroxylation is 1. The number of hydrogen-bond donors (Lipinski definition) is 2. The smallest absolute Gasteiger partial charge is 0.338 e. The summed E-state index contributed by atoms with van der Waals surface area (Å²) in [6, 6.07) is 22.0. The molecule has 3 rings (SSSR count). The molecule has 0 radical (unpaired) electrons. The molecule has 0 spiro atoms. The van der Waals surface area contributed by atoms with Crippen LogP contribution in [0.3, 0.4) is 0 Å². The van der Waals surface area contributed by atoms with Crippen molar-refractivity contribution in [3.8, 4) is 0 Å². The van der Waals surface area contributed by atoms with Crippen LogP contribution in [-0.2, 0) is 32.5 Å². The number of amides is 1. The third kappa shape index (κ3) is 6.74. The fourth-order valence-corrected chi connectivity index (χ4v) is 4.06. The van der Waals surface area contributed by atoms with Crippen molar-refractivity contribution >= 4 is 27.6 Å². The first-order valence-electron chi connectivity index (χ1n) is 10.5. The highest BCUT2D eigenvalue weighted by Crippen LogP contribution is 2.15. The molecule has 172 valence electrons. The number of nitrogens with one attached hydrogen (secondary N) is 2. The lowest BCUT2D eigenvalue weighted by molar-refractivity contribution is -0.123. The topological polar surface area (TPSA) is 102 Å². The van der Waals surface area contributed by atoms with Crippen LogP contribution in [0.4, 0.5) is 5.69 Å². The van der Waals surface area contributed by atoms with Crippen LogP contribution < -0.4 is 10.0 Å². The molecule has 33 heavy (non-hydrogen) atoms. The van der Waals surface area contributed by atoms with Crippen molar-refractivity contribution in [2.75, 3.05) is 5.32 Å². The fraction of sp³-hybridized carbons (Fsp3) is 0.200. The molecule has 0 saturated heterocycles. The van der Waals surface area contributed by atoms with Gasteiger partial charge in [0.15, 0.2) is 6.10 Å². The summed E-state index contributed by atoms with van der Waals surface area (Å²) in [6.07, 6.45) is -0.182. The van der Waals surface area contributed by atoms with E-state index in [1.807, 2.05) is 37.3 Å². The van der Waals surface area contributed by atoms with E-state index in [2.05, 4.69) is 10.0 Å². The van der Waals surface area contributed by atoms with Gasteiger partial charge in [-0.05, 0) is 54.8 Å². The molecule has 0 bridgehead atoms. The number of benzene rings is 3. The van der Waals surface area contributed by atoms with Crippen LogP contribution in [0.25, 0.3) is 0 Å². The van der Waals surface area contributed by atoms with Gasteiger partial charge in [-0.15, -0.1) is 0 Å². The molecule has 7 nitrogen and oxygen atoms in total. The van der Waals surface area contributed by atoms with Gasteiger partial charge in [-0.1, -0.05) is 55.5 Å². The van der Waals surface area contributed by atoms with Crippen molar-refractivity contribution in [2.24, 2.45) is 0 Å². The van der Waals surface area contributed by atoms with Gasteiger partial charge in [-0.2, -0.15) is 0 Å². The van der Waals surface area contributed by atoms with Crippen LogP contribution in [-0.4, -0.2) is 26.4 Å². The van der Waals surface area contributed by atoms with E-state index in [1.165, 1.54) is 31.2 Å². The van der Waals surface area contributed by atoms with Crippen molar-refractivity contribution in [3.63, 3.8) is 0 Å². The number of hydrogen-bond acceptors (Lipinski definition) is 5. The molecule has 0 aliphatic heterocycles. The van der Waals surface area contributed by atoms with Gasteiger partial charge in [0.1, 0.15) is 0 Å². The first-order valence-corrected chi connectivity index (χ1v) is 12.0. The summed E-state index contributed by atoms with van der Waals surface area (Å²) in [7, 11) is -3.84. The second-order valence-corrected chi connectivity index (χ2v) is 9.19. The van der Waals surface area contributed by atoms with E-state index in [0.29, 0.717) is 5.69 Å². The van der Waals surface area contributed by atoms with Gasteiger partial charge < -0.3 is 10.1 Å². The third-order valence-electron chi connectivity index (χ3n) is 4.97. The molecule has 1 amide bonds. The Morgan fingerprint density at radius 2 is 1.61 bits per heavy atom. The van der Waals surface area contributed by atoms with Crippen molar-refractivity contribution in [1.82, 2.24) is 4.72 Å². The van der Waals surface area contributed by atoms with Crippen molar-refractivity contribution in [1.29, 1.82) is 0 Å². The van der Waals surface area contributed by atoms with Gasteiger partial charge in [0.25, 0.3) is 5.91 Å². The van der Waals surface area contributed by atoms with Crippen LogP contribution in [0.1, 0.15) is 35.3 Å². The molecular formula is C25H26N2O5S. The summed E-state index contributed by atoms with van der Waals surface area (Å²) >= 11 is 0. The summed E-state index contributed by atoms with van der Waals surface area (Å²) in [5.74, 6) is -1.28. The maximum Gasteiger partial charge on any atom is 0.338 e. The first kappa shape index (κ1) is 24.2. The molecule has 0 aliphatic carbocycles. The van der Waals surface area contributed by atoms with Gasteiger partial charge in [-0.25, -0.2) is 17.9 Å². The van der Waals surface area contributed by atoms with Crippen LogP contribution in [0.5, 0.6) is 0 Å². The molecular weight excluding hydrogens is 440 g/mol. The SMILES string of the molecule is CCc1ccc(NC(=O)C(C)OC(=O)c2cccc(S(=O)(=O)NCc3ccccc3)c2)cc1. The highest BCUT2D eigenvalue weighted by Gasteiger charge is 2.21. The average Bonchev–Trinajstić information content (AvgIpc) is 2.84. The quantitative estimate of drug-likeness (QED) is 0.466. The van der Waals surface area contributed by atoms with Crippen molar-refractivity contribution in [2.45, 2.75) is 37.8 Å². The molecule has 1 atom stereocenters. The predicted octanol–water partition coefficient (Wildman–Crippen LogP) is 3.91. The molecule has 0 fully saturated rings. The minimum absolute atomic E-state index is 0.0320.